The van der Waals surface area contributed by atoms with Crippen LogP contribution in [0.1, 0.15) is 33.6 Å². The zero-order chi connectivity index (χ0) is 23.7. The largest absolute Gasteiger partial charge is 0.497 e. The van der Waals surface area contributed by atoms with Crippen molar-refractivity contribution in [2.75, 3.05) is 13.7 Å². The number of amides is 1. The number of nitrogens with one attached hydrogen (secondary N) is 1. The first-order valence-corrected chi connectivity index (χ1v) is 10.7. The van der Waals surface area contributed by atoms with E-state index in [4.69, 9.17) is 9.84 Å². The minimum Gasteiger partial charge on any atom is -0.497 e. The average Bonchev–Trinajstić information content (AvgIpc) is 3.32. The molecule has 3 aromatic rings. The van der Waals surface area contributed by atoms with Gasteiger partial charge >= 0.3 is 5.97 Å². The first-order chi connectivity index (χ1) is 15.4. The van der Waals surface area contributed by atoms with Crippen molar-refractivity contribution < 1.29 is 19.4 Å². The van der Waals surface area contributed by atoms with E-state index in [9.17, 15) is 14.4 Å². The Hall–Kier alpha value is -3.61. The Morgan fingerprint density at radius 2 is 1.78 bits per heavy atom. The van der Waals surface area contributed by atoms with Gasteiger partial charge in [0, 0.05) is 36.7 Å². The fourth-order valence-corrected chi connectivity index (χ4v) is 3.53. The van der Waals surface area contributed by atoms with Crippen LogP contribution in [0, 0.1) is 0 Å². The second-order valence-electron chi connectivity index (χ2n) is 7.03. The summed E-state index contributed by atoms with van der Waals surface area (Å²) in [7, 11) is 1.61. The Labute approximate surface area is 187 Å². The van der Waals surface area contributed by atoms with Crippen LogP contribution in [0.2, 0.25) is 0 Å². The highest BCUT2D eigenvalue weighted by molar-refractivity contribution is 5.83. The third kappa shape index (κ3) is 5.97. The van der Waals surface area contributed by atoms with Crippen molar-refractivity contribution in [1.82, 2.24) is 9.88 Å². The second-order valence-corrected chi connectivity index (χ2v) is 7.03. The molecule has 0 aliphatic carbocycles. The van der Waals surface area contributed by atoms with Gasteiger partial charge in [0.15, 0.2) is 5.43 Å². The van der Waals surface area contributed by atoms with Crippen LogP contribution >= 0.6 is 0 Å². The molecule has 170 valence electrons. The topological polar surface area (TPSA) is 99.7 Å². The Kier molecular flexibility index (Phi) is 9.01. The summed E-state index contributed by atoms with van der Waals surface area (Å²) in [5.74, 6) is -0.305. The molecule has 1 amide bonds. The summed E-state index contributed by atoms with van der Waals surface area (Å²) in [6.07, 6.45) is 1.39. The monoisotopic (exact) mass is 438 g/mol. The molecule has 0 spiro atoms. The molecule has 2 heterocycles. The molecular weight excluding hydrogens is 408 g/mol. The number of carboxylic acids is 1. The van der Waals surface area contributed by atoms with Gasteiger partial charge in [-0.15, -0.1) is 0 Å². The standard InChI is InChI=1S/C16H13NO2.C7H11NO3.C2H6/c1-19-12-7-8-13-15(9-12)17-14(10-16(13)18)11-5-3-2-4-6-11;1-5(9)8-4-2-3-6(8)7(10)11;1-2/h2-10H,1H3,(H,17,18);6H,2-4H2,1H3,(H,10,11);1-2H3/t;6-;/m.0./s1. The number of nitrogens with zero attached hydrogens (tertiary/aromatic N) is 1. The number of carbonyl (C=O) groups excluding carboxylic acids is 1. The zero-order valence-electron chi connectivity index (χ0n) is 18.9. The van der Waals surface area contributed by atoms with E-state index >= 15 is 0 Å². The number of hydrogen-bond donors (Lipinski definition) is 2. The first-order valence-electron chi connectivity index (χ1n) is 10.7. The molecule has 2 N–H and O–H groups in total. The minimum atomic E-state index is -0.891. The lowest BCUT2D eigenvalue weighted by Crippen LogP contribution is -2.38. The Morgan fingerprint density at radius 1 is 1.09 bits per heavy atom. The summed E-state index contributed by atoms with van der Waals surface area (Å²) in [6.45, 7) is 5.99. The van der Waals surface area contributed by atoms with Crippen molar-refractivity contribution in [3.63, 3.8) is 0 Å². The van der Waals surface area contributed by atoms with Gasteiger partial charge in [-0.1, -0.05) is 44.2 Å². The van der Waals surface area contributed by atoms with Crippen molar-refractivity contribution >= 4 is 22.8 Å². The number of likely N-dealkylation sites (tertiary alicyclic amines) is 1. The molecule has 0 saturated carbocycles. The molecule has 1 fully saturated rings. The van der Waals surface area contributed by atoms with Gasteiger partial charge in [0.2, 0.25) is 5.91 Å². The number of methoxy groups -OCH3 is 1. The van der Waals surface area contributed by atoms with Crippen LogP contribution in [0.5, 0.6) is 5.75 Å². The number of aromatic nitrogens is 1. The lowest BCUT2D eigenvalue weighted by atomic mass is 10.1. The lowest BCUT2D eigenvalue weighted by molar-refractivity contribution is -0.147. The summed E-state index contributed by atoms with van der Waals surface area (Å²) < 4.78 is 5.19. The molecule has 0 bridgehead atoms. The van der Waals surface area contributed by atoms with Gasteiger partial charge in [0.25, 0.3) is 0 Å². The first kappa shape index (κ1) is 24.7. The summed E-state index contributed by atoms with van der Waals surface area (Å²) >= 11 is 0. The number of fused-ring (bicyclic) bond motifs is 1. The number of rotatable bonds is 3. The molecule has 7 heteroatoms. The lowest BCUT2D eigenvalue weighted by Gasteiger charge is -2.18. The molecular formula is C25H30N2O5. The highest BCUT2D eigenvalue weighted by Gasteiger charge is 2.31. The van der Waals surface area contributed by atoms with Crippen molar-refractivity contribution in [1.29, 1.82) is 0 Å². The molecule has 1 aromatic heterocycles. The number of benzene rings is 2. The predicted octanol–water partition coefficient (Wildman–Crippen LogP) is 4.31. The van der Waals surface area contributed by atoms with Gasteiger partial charge in [-0.05, 0) is 30.5 Å². The third-order valence-electron chi connectivity index (χ3n) is 5.06. The SMILES string of the molecule is CC.CC(=O)N1CCC[C@H]1C(=O)O.COc1ccc2c(=O)cc(-c3ccccc3)[nH]c2c1. The minimum absolute atomic E-state index is 0.00950. The van der Waals surface area contributed by atoms with Gasteiger partial charge < -0.3 is 19.7 Å². The number of pyridine rings is 1. The molecule has 1 aliphatic rings. The van der Waals surface area contributed by atoms with Crippen molar-refractivity contribution in [3.8, 4) is 17.0 Å². The smallest absolute Gasteiger partial charge is 0.326 e. The predicted molar refractivity (Wildman–Crippen MR) is 126 cm³/mol. The fourth-order valence-electron chi connectivity index (χ4n) is 3.53. The number of carboxylic acid groups (broad SMARTS) is 1. The van der Waals surface area contributed by atoms with Gasteiger partial charge in [-0.25, -0.2) is 4.79 Å². The number of H-pyrrole nitrogens is 1. The van der Waals surface area contributed by atoms with Crippen molar-refractivity contribution in [2.45, 2.75) is 39.7 Å². The third-order valence-corrected chi connectivity index (χ3v) is 5.06. The number of aliphatic carboxylic acids is 1. The normalized spacial score (nSPS) is 14.6. The average molecular weight is 439 g/mol. The maximum Gasteiger partial charge on any atom is 0.326 e. The van der Waals surface area contributed by atoms with E-state index in [2.05, 4.69) is 4.98 Å². The number of carbonyl (C=O) groups is 2. The molecule has 1 aliphatic heterocycles. The number of aromatic amines is 1. The fraction of sp³-hybridized carbons (Fsp3) is 0.320. The van der Waals surface area contributed by atoms with Crippen LogP contribution in [0.15, 0.2) is 59.4 Å². The molecule has 1 saturated heterocycles. The molecule has 0 unspecified atom stereocenters. The van der Waals surface area contributed by atoms with Crippen LogP contribution in [0.4, 0.5) is 0 Å². The molecule has 1 atom stereocenters. The van der Waals surface area contributed by atoms with Crippen LogP contribution in [-0.4, -0.2) is 46.6 Å². The van der Waals surface area contributed by atoms with Crippen molar-refractivity contribution in [3.05, 3.63) is 64.8 Å². The van der Waals surface area contributed by atoms with Crippen LogP contribution in [0.3, 0.4) is 0 Å². The highest BCUT2D eigenvalue weighted by atomic mass is 16.5. The Morgan fingerprint density at radius 3 is 2.34 bits per heavy atom. The quantitative estimate of drug-likeness (QED) is 0.635. The summed E-state index contributed by atoms with van der Waals surface area (Å²) in [5.41, 5.74) is 2.59. The Balaban J connectivity index is 0.000000239. The van der Waals surface area contributed by atoms with E-state index in [0.717, 1.165) is 28.9 Å². The van der Waals surface area contributed by atoms with Crippen LogP contribution < -0.4 is 10.2 Å². The maximum absolute atomic E-state index is 12.1. The maximum atomic E-state index is 12.1. The van der Waals surface area contributed by atoms with E-state index in [1.54, 1.807) is 25.3 Å². The summed E-state index contributed by atoms with van der Waals surface area (Å²) in [6, 6.07) is 16.2. The van der Waals surface area contributed by atoms with E-state index in [1.807, 2.05) is 50.2 Å². The van der Waals surface area contributed by atoms with Crippen molar-refractivity contribution in [2.24, 2.45) is 0 Å². The van der Waals surface area contributed by atoms with Crippen LogP contribution in [0.25, 0.3) is 22.2 Å². The molecule has 4 rings (SSSR count). The highest BCUT2D eigenvalue weighted by Crippen LogP contribution is 2.21. The van der Waals surface area contributed by atoms with E-state index in [0.29, 0.717) is 18.4 Å². The van der Waals surface area contributed by atoms with E-state index < -0.39 is 12.0 Å². The zero-order valence-corrected chi connectivity index (χ0v) is 18.9. The summed E-state index contributed by atoms with van der Waals surface area (Å²) in [4.78, 5) is 38.1. The van der Waals surface area contributed by atoms with Crippen LogP contribution in [-0.2, 0) is 9.59 Å². The molecule has 7 nitrogen and oxygen atoms in total. The molecule has 0 radical (unpaired) electrons. The number of ether oxygens (including phenoxy) is 1. The Bertz CT molecular complexity index is 1090. The van der Waals surface area contributed by atoms with Gasteiger partial charge in [0.05, 0.1) is 12.6 Å². The van der Waals surface area contributed by atoms with E-state index in [-0.39, 0.29) is 11.3 Å². The van der Waals surface area contributed by atoms with E-state index in [1.165, 1.54) is 11.8 Å². The second kappa shape index (κ2) is 11.7. The molecule has 2 aromatic carbocycles. The number of hydrogen-bond acceptors (Lipinski definition) is 4. The molecule has 32 heavy (non-hydrogen) atoms. The van der Waals surface area contributed by atoms with Gasteiger partial charge in [-0.3, -0.25) is 9.59 Å². The summed E-state index contributed by atoms with van der Waals surface area (Å²) in [5, 5.41) is 9.31. The van der Waals surface area contributed by atoms with Gasteiger partial charge in [0.1, 0.15) is 11.8 Å². The van der Waals surface area contributed by atoms with Gasteiger partial charge in [-0.2, -0.15) is 0 Å².